The predicted molar refractivity (Wildman–Crippen MR) is 146 cm³/mol. The first kappa shape index (κ1) is 23.4. The predicted octanol–water partition coefficient (Wildman–Crippen LogP) is 4.01. The third-order valence-corrected chi connectivity index (χ3v) is 8.27. The first-order chi connectivity index (χ1) is 17.7. The number of piperazine rings is 1. The van der Waals surface area contributed by atoms with Crippen LogP contribution in [0.4, 0.5) is 0 Å². The second-order valence-electron chi connectivity index (χ2n) is 10.7. The summed E-state index contributed by atoms with van der Waals surface area (Å²) in [5.74, 6) is 2.44. The molecule has 6 nitrogen and oxygen atoms in total. The zero-order chi connectivity index (χ0) is 24.5. The van der Waals surface area contributed by atoms with Crippen molar-refractivity contribution in [2.45, 2.75) is 44.8 Å². The van der Waals surface area contributed by atoms with Gasteiger partial charge in [0.25, 0.3) is 0 Å². The highest BCUT2D eigenvalue weighted by atomic mass is 15.4. The molecule has 4 aliphatic rings. The molecule has 6 rings (SSSR count). The lowest BCUT2D eigenvalue weighted by Gasteiger charge is -2.40. The van der Waals surface area contributed by atoms with E-state index in [9.17, 15) is 0 Å². The summed E-state index contributed by atoms with van der Waals surface area (Å²) in [5.41, 5.74) is 5.46. The maximum Gasteiger partial charge on any atom is 0.129 e. The molecule has 1 aromatic heterocycles. The molecule has 6 heteroatoms. The van der Waals surface area contributed by atoms with Gasteiger partial charge in [0.1, 0.15) is 11.7 Å². The number of hydrogen-bond acceptors (Lipinski definition) is 6. The van der Waals surface area contributed by atoms with E-state index in [4.69, 9.17) is 9.98 Å². The molecule has 0 radical (unpaired) electrons. The van der Waals surface area contributed by atoms with Crippen molar-refractivity contribution in [3.05, 3.63) is 89.0 Å². The molecule has 0 bridgehead atoms. The molecule has 188 valence electrons. The monoisotopic (exact) mass is 482 g/mol. The van der Waals surface area contributed by atoms with Gasteiger partial charge in [-0.15, -0.1) is 0 Å². The molecule has 2 atom stereocenters. The minimum absolute atomic E-state index is 0.247. The number of nitrogens with zero attached hydrogens (tertiary/aromatic N) is 6. The third-order valence-electron chi connectivity index (χ3n) is 8.27. The van der Waals surface area contributed by atoms with Crippen LogP contribution in [0.1, 0.15) is 41.3 Å². The van der Waals surface area contributed by atoms with Crippen molar-refractivity contribution in [3.63, 3.8) is 0 Å². The fourth-order valence-electron chi connectivity index (χ4n) is 6.19. The SMILES string of the molecule is Cc1ccccc1CN(CC1CN2C(N3CCN(C)CC3)=CC=CC2=N1)[C@H]1CCCc2cccnc21. The summed E-state index contributed by atoms with van der Waals surface area (Å²) in [6.45, 7) is 9.44. The number of hydrogen-bond donors (Lipinski definition) is 0. The largest absolute Gasteiger partial charge is 0.355 e. The molecule has 0 amide bonds. The van der Waals surface area contributed by atoms with Crippen LogP contribution >= 0.6 is 0 Å². The highest BCUT2D eigenvalue weighted by Crippen LogP contribution is 2.35. The van der Waals surface area contributed by atoms with Gasteiger partial charge in [-0.05, 0) is 68.1 Å². The minimum atomic E-state index is 0.247. The molecule has 1 unspecified atom stereocenters. The Labute approximate surface area is 215 Å². The Kier molecular flexibility index (Phi) is 6.63. The van der Waals surface area contributed by atoms with Gasteiger partial charge in [0, 0.05) is 52.0 Å². The van der Waals surface area contributed by atoms with Crippen molar-refractivity contribution in [3.8, 4) is 0 Å². The van der Waals surface area contributed by atoms with Crippen LogP contribution in [0.3, 0.4) is 0 Å². The molecule has 3 aliphatic heterocycles. The zero-order valence-corrected chi connectivity index (χ0v) is 21.7. The Morgan fingerprint density at radius 2 is 1.92 bits per heavy atom. The van der Waals surface area contributed by atoms with Crippen molar-refractivity contribution < 1.29 is 0 Å². The molecular weight excluding hydrogens is 444 g/mol. The minimum Gasteiger partial charge on any atom is -0.355 e. The molecule has 0 saturated carbocycles. The number of fused-ring (bicyclic) bond motifs is 2. The van der Waals surface area contributed by atoms with Gasteiger partial charge in [0.2, 0.25) is 0 Å². The summed E-state index contributed by atoms with van der Waals surface area (Å²) in [4.78, 5) is 20.2. The first-order valence-corrected chi connectivity index (χ1v) is 13.6. The summed E-state index contributed by atoms with van der Waals surface area (Å²) >= 11 is 0. The fraction of sp³-hybridized carbons (Fsp3) is 0.467. The number of amidine groups is 1. The highest BCUT2D eigenvalue weighted by Gasteiger charge is 2.35. The number of aryl methyl sites for hydroxylation is 2. The maximum absolute atomic E-state index is 5.24. The van der Waals surface area contributed by atoms with Crippen LogP contribution < -0.4 is 0 Å². The van der Waals surface area contributed by atoms with Crippen LogP contribution in [0.5, 0.6) is 0 Å². The van der Waals surface area contributed by atoms with E-state index in [0.29, 0.717) is 6.04 Å². The number of pyridine rings is 1. The first-order valence-electron chi connectivity index (χ1n) is 13.6. The van der Waals surface area contributed by atoms with Crippen molar-refractivity contribution in [1.82, 2.24) is 24.6 Å². The molecule has 36 heavy (non-hydrogen) atoms. The van der Waals surface area contributed by atoms with Gasteiger partial charge in [-0.3, -0.25) is 14.9 Å². The van der Waals surface area contributed by atoms with Crippen molar-refractivity contribution >= 4 is 5.84 Å². The number of likely N-dealkylation sites (N-methyl/N-ethyl adjacent to an activating group) is 1. The van der Waals surface area contributed by atoms with Crippen LogP contribution in [-0.4, -0.2) is 82.8 Å². The Bertz CT molecular complexity index is 1180. The highest BCUT2D eigenvalue weighted by molar-refractivity contribution is 5.96. The van der Waals surface area contributed by atoms with E-state index in [1.807, 2.05) is 6.20 Å². The lowest BCUT2D eigenvalue weighted by atomic mass is 9.90. The van der Waals surface area contributed by atoms with Crippen molar-refractivity contribution in [1.29, 1.82) is 0 Å². The Morgan fingerprint density at radius 1 is 1.06 bits per heavy atom. The number of aliphatic imine (C=N–C) groups is 1. The summed E-state index contributed by atoms with van der Waals surface area (Å²) in [6.07, 6.45) is 12.1. The average molecular weight is 483 g/mol. The summed E-state index contributed by atoms with van der Waals surface area (Å²) in [6, 6.07) is 13.8. The van der Waals surface area contributed by atoms with Crippen LogP contribution in [0.15, 0.2) is 71.6 Å². The number of benzene rings is 1. The molecule has 1 saturated heterocycles. The van der Waals surface area contributed by atoms with E-state index in [1.165, 1.54) is 34.6 Å². The molecule has 1 aliphatic carbocycles. The number of rotatable bonds is 6. The molecule has 1 fully saturated rings. The third kappa shape index (κ3) is 4.72. The van der Waals surface area contributed by atoms with E-state index in [1.54, 1.807) is 0 Å². The number of aromatic nitrogens is 1. The lowest BCUT2D eigenvalue weighted by Crippen LogP contribution is -2.48. The molecular formula is C30H38N6. The topological polar surface area (TPSA) is 38.2 Å². The van der Waals surface area contributed by atoms with E-state index >= 15 is 0 Å². The van der Waals surface area contributed by atoms with Gasteiger partial charge >= 0.3 is 0 Å². The standard InChI is InChI=1S/C30H38N6/c1-23-8-3-4-9-25(23)20-35(27-12-5-10-24-11-7-15-31-30(24)27)21-26-22-36-28(32-26)13-6-14-29(36)34-18-16-33(2)17-19-34/h3-4,6-9,11,13-15,26-27H,5,10,12,16-22H2,1-2H3/t26?,27-/m0/s1. The second kappa shape index (κ2) is 10.2. The smallest absolute Gasteiger partial charge is 0.129 e. The van der Waals surface area contributed by atoms with Gasteiger partial charge in [0.05, 0.1) is 17.8 Å². The van der Waals surface area contributed by atoms with Crippen molar-refractivity contribution in [2.24, 2.45) is 4.99 Å². The van der Waals surface area contributed by atoms with E-state index in [0.717, 1.165) is 64.5 Å². The van der Waals surface area contributed by atoms with Crippen LogP contribution in [0.2, 0.25) is 0 Å². The average Bonchev–Trinajstić information content (AvgIpc) is 3.32. The van der Waals surface area contributed by atoms with Crippen LogP contribution in [0.25, 0.3) is 0 Å². The second-order valence-corrected chi connectivity index (χ2v) is 10.7. The molecule has 4 heterocycles. The molecule has 2 aromatic rings. The summed E-state index contributed by atoms with van der Waals surface area (Å²) < 4.78 is 0. The maximum atomic E-state index is 5.24. The van der Waals surface area contributed by atoms with Gasteiger partial charge in [0.15, 0.2) is 0 Å². The van der Waals surface area contributed by atoms with Crippen LogP contribution in [-0.2, 0) is 13.0 Å². The van der Waals surface area contributed by atoms with Gasteiger partial charge in [-0.2, -0.15) is 0 Å². The number of allylic oxidation sites excluding steroid dienone is 2. The lowest BCUT2D eigenvalue weighted by molar-refractivity contribution is 0.144. The van der Waals surface area contributed by atoms with Gasteiger partial charge in [-0.25, -0.2) is 0 Å². The van der Waals surface area contributed by atoms with Crippen LogP contribution in [0, 0.1) is 6.92 Å². The molecule has 0 N–H and O–H groups in total. The van der Waals surface area contributed by atoms with E-state index in [2.05, 4.69) is 88.2 Å². The van der Waals surface area contributed by atoms with Gasteiger partial charge in [-0.1, -0.05) is 36.4 Å². The normalized spacial score (nSPS) is 24.0. The zero-order valence-electron chi connectivity index (χ0n) is 21.7. The molecule has 0 spiro atoms. The quantitative estimate of drug-likeness (QED) is 0.622. The van der Waals surface area contributed by atoms with Crippen molar-refractivity contribution in [2.75, 3.05) is 46.3 Å². The summed E-state index contributed by atoms with van der Waals surface area (Å²) in [7, 11) is 2.21. The Morgan fingerprint density at radius 3 is 2.78 bits per heavy atom. The fourth-order valence-corrected chi connectivity index (χ4v) is 6.19. The van der Waals surface area contributed by atoms with Gasteiger partial charge < -0.3 is 14.7 Å². The molecule has 1 aromatic carbocycles. The van der Waals surface area contributed by atoms with E-state index < -0.39 is 0 Å². The Balaban J connectivity index is 1.24. The van der Waals surface area contributed by atoms with E-state index in [-0.39, 0.29) is 6.04 Å². The Hall–Kier alpha value is -2.96. The summed E-state index contributed by atoms with van der Waals surface area (Å²) in [5, 5.41) is 0.